The Morgan fingerprint density at radius 3 is 2.58 bits per heavy atom. The van der Waals surface area contributed by atoms with Gasteiger partial charge in [0.2, 0.25) is 21.8 Å². The second-order valence-electron chi connectivity index (χ2n) is 7.12. The molecule has 166 valence electrons. The monoisotopic (exact) mass is 452 g/mol. The molecule has 1 heterocycles. The summed E-state index contributed by atoms with van der Waals surface area (Å²) in [5.74, 6) is -4.07. The number of anilines is 2. The molecule has 1 saturated heterocycles. The number of amides is 2. The van der Waals surface area contributed by atoms with Crippen molar-refractivity contribution in [1.82, 2.24) is 0 Å². The topological polar surface area (TPSA) is 84.0 Å². The van der Waals surface area contributed by atoms with E-state index >= 15 is 0 Å². The number of carbonyl (C=O) groups is 2. The highest BCUT2D eigenvalue weighted by atomic mass is 32.2. The molecule has 1 unspecified atom stereocenters. The number of halogens is 2. The Labute approximate surface area is 179 Å². The number of carbonyl (C=O) groups excluding carboxylic acids is 2. The molecule has 0 bridgehead atoms. The third-order valence-corrected chi connectivity index (χ3v) is 6.78. The minimum atomic E-state index is -4.12. The molecule has 0 N–H and O–H groups in total. The number of nitrogens with zero attached hydrogens (tertiary/aromatic N) is 2. The second-order valence-corrected chi connectivity index (χ2v) is 9.06. The molecule has 1 fully saturated rings. The molecular weight excluding hydrogens is 430 g/mol. The van der Waals surface area contributed by atoms with Gasteiger partial charge in [-0.1, -0.05) is 13.0 Å². The van der Waals surface area contributed by atoms with E-state index in [9.17, 15) is 26.8 Å². The summed E-state index contributed by atoms with van der Waals surface area (Å²) >= 11 is 0. The predicted octanol–water partition coefficient (Wildman–Crippen LogP) is 3.10. The summed E-state index contributed by atoms with van der Waals surface area (Å²) in [4.78, 5) is 27.0. The molecule has 1 aliphatic heterocycles. The molecule has 3 rings (SSSR count). The summed E-state index contributed by atoms with van der Waals surface area (Å²) in [6, 6.07) is 8.76. The van der Waals surface area contributed by atoms with Gasteiger partial charge in [-0.3, -0.25) is 9.59 Å². The van der Waals surface area contributed by atoms with Crippen molar-refractivity contribution in [2.75, 3.05) is 28.6 Å². The molecule has 0 spiro atoms. The first-order valence-corrected chi connectivity index (χ1v) is 11.2. The summed E-state index contributed by atoms with van der Waals surface area (Å²) in [7, 11) is -2.85. The van der Waals surface area contributed by atoms with E-state index in [-0.39, 0.29) is 42.3 Å². The molecule has 0 radical (unpaired) electrons. The smallest absolute Gasteiger partial charge is 0.246 e. The number of hydrogen-bond acceptors (Lipinski definition) is 5. The Morgan fingerprint density at radius 1 is 1.23 bits per heavy atom. The zero-order valence-corrected chi connectivity index (χ0v) is 17.9. The van der Waals surface area contributed by atoms with E-state index in [0.29, 0.717) is 4.31 Å². The molecule has 31 heavy (non-hydrogen) atoms. The zero-order valence-electron chi connectivity index (χ0n) is 17.0. The van der Waals surface area contributed by atoms with E-state index in [0.717, 1.165) is 12.1 Å². The first kappa shape index (κ1) is 22.7. The van der Waals surface area contributed by atoms with Crippen molar-refractivity contribution in [2.45, 2.75) is 19.8 Å². The predicted molar refractivity (Wildman–Crippen MR) is 111 cm³/mol. The molecular formula is C21H22F2N2O5S. The van der Waals surface area contributed by atoms with Crippen molar-refractivity contribution in [3.8, 4) is 5.75 Å². The van der Waals surface area contributed by atoms with Crippen LogP contribution in [0.5, 0.6) is 5.75 Å². The van der Waals surface area contributed by atoms with Gasteiger partial charge in [0, 0.05) is 24.7 Å². The van der Waals surface area contributed by atoms with E-state index < -0.39 is 39.4 Å². The van der Waals surface area contributed by atoms with Crippen LogP contribution in [0.2, 0.25) is 0 Å². The molecule has 1 atom stereocenters. The van der Waals surface area contributed by atoms with Crippen molar-refractivity contribution in [1.29, 1.82) is 0 Å². The largest absolute Gasteiger partial charge is 0.494 e. The summed E-state index contributed by atoms with van der Waals surface area (Å²) in [5, 5.41) is 0. The van der Waals surface area contributed by atoms with Crippen LogP contribution in [0.25, 0.3) is 0 Å². The standard InChI is InChI=1S/C21H22F2N2O5S/c1-3-9-31(28,29)25(17-7-8-19(30-2)18(23)12-17)21(27)14-10-20(26)24(13-14)16-6-4-5-15(22)11-16/h4-8,11-12,14H,3,9-10,13H2,1-2H3. The summed E-state index contributed by atoms with van der Waals surface area (Å²) in [6.45, 7) is 1.53. The number of methoxy groups -OCH3 is 1. The average Bonchev–Trinajstić information content (AvgIpc) is 3.10. The van der Waals surface area contributed by atoms with E-state index in [1.54, 1.807) is 6.92 Å². The van der Waals surface area contributed by atoms with E-state index in [4.69, 9.17) is 4.74 Å². The van der Waals surface area contributed by atoms with Gasteiger partial charge in [0.15, 0.2) is 11.6 Å². The maximum Gasteiger partial charge on any atom is 0.246 e. The third kappa shape index (κ3) is 4.68. The number of ether oxygens (including phenoxy) is 1. The Morgan fingerprint density at radius 2 is 1.97 bits per heavy atom. The summed E-state index contributed by atoms with van der Waals surface area (Å²) < 4.78 is 59.0. The van der Waals surface area contributed by atoms with Crippen LogP contribution in [0.15, 0.2) is 42.5 Å². The van der Waals surface area contributed by atoms with Crippen LogP contribution in [0.4, 0.5) is 20.2 Å². The Bertz CT molecular complexity index is 1110. The van der Waals surface area contributed by atoms with Gasteiger partial charge in [-0.25, -0.2) is 21.5 Å². The molecule has 2 aromatic carbocycles. The van der Waals surface area contributed by atoms with Gasteiger partial charge in [-0.05, 0) is 36.8 Å². The number of hydrogen-bond donors (Lipinski definition) is 0. The highest BCUT2D eigenvalue weighted by Gasteiger charge is 2.41. The van der Waals surface area contributed by atoms with Crippen LogP contribution >= 0.6 is 0 Å². The highest BCUT2D eigenvalue weighted by molar-refractivity contribution is 7.93. The first-order chi connectivity index (χ1) is 14.7. The minimum absolute atomic E-state index is 0.0997. The molecule has 1 aliphatic rings. The van der Waals surface area contributed by atoms with Crippen molar-refractivity contribution in [3.05, 3.63) is 54.1 Å². The molecule has 10 heteroatoms. The normalized spacial score (nSPS) is 16.5. The summed E-state index contributed by atoms with van der Waals surface area (Å²) in [6.07, 6.45) is -0.00407. The van der Waals surface area contributed by atoms with Gasteiger partial charge in [0.1, 0.15) is 5.82 Å². The van der Waals surface area contributed by atoms with Gasteiger partial charge in [0.05, 0.1) is 24.5 Å². The SMILES string of the molecule is CCCS(=O)(=O)N(C(=O)C1CC(=O)N(c2cccc(F)c2)C1)c1ccc(OC)c(F)c1. The molecule has 2 amide bonds. The van der Waals surface area contributed by atoms with E-state index in [1.165, 1.54) is 42.3 Å². The van der Waals surface area contributed by atoms with Crippen LogP contribution in [0.1, 0.15) is 19.8 Å². The van der Waals surface area contributed by atoms with Gasteiger partial charge < -0.3 is 9.64 Å². The van der Waals surface area contributed by atoms with Gasteiger partial charge in [-0.2, -0.15) is 0 Å². The Kier molecular flexibility index (Phi) is 6.59. The van der Waals surface area contributed by atoms with Crippen LogP contribution in [-0.2, 0) is 19.6 Å². The molecule has 0 saturated carbocycles. The van der Waals surface area contributed by atoms with Gasteiger partial charge >= 0.3 is 0 Å². The van der Waals surface area contributed by atoms with Crippen LogP contribution in [0, 0.1) is 17.6 Å². The Hall–Kier alpha value is -3.01. The molecule has 0 aliphatic carbocycles. The minimum Gasteiger partial charge on any atom is -0.494 e. The number of benzene rings is 2. The van der Waals surface area contributed by atoms with Crippen LogP contribution in [0.3, 0.4) is 0 Å². The molecule has 2 aromatic rings. The number of sulfonamides is 1. The quantitative estimate of drug-likeness (QED) is 0.645. The van der Waals surface area contributed by atoms with Crippen LogP contribution < -0.4 is 13.9 Å². The lowest BCUT2D eigenvalue weighted by Crippen LogP contribution is -2.43. The third-order valence-electron chi connectivity index (χ3n) is 4.90. The van der Waals surface area contributed by atoms with Crippen molar-refractivity contribution < 1.29 is 31.5 Å². The maximum absolute atomic E-state index is 14.3. The lowest BCUT2D eigenvalue weighted by Gasteiger charge is -2.25. The van der Waals surface area contributed by atoms with Gasteiger partial charge in [-0.15, -0.1) is 0 Å². The van der Waals surface area contributed by atoms with Crippen molar-refractivity contribution in [2.24, 2.45) is 5.92 Å². The van der Waals surface area contributed by atoms with Gasteiger partial charge in [0.25, 0.3) is 0 Å². The van der Waals surface area contributed by atoms with Crippen molar-refractivity contribution >= 4 is 33.2 Å². The maximum atomic E-state index is 14.3. The second kappa shape index (κ2) is 9.01. The molecule has 0 aromatic heterocycles. The fourth-order valence-electron chi connectivity index (χ4n) is 3.49. The van der Waals surface area contributed by atoms with Crippen LogP contribution in [-0.4, -0.2) is 39.6 Å². The fourth-order valence-corrected chi connectivity index (χ4v) is 5.04. The zero-order chi connectivity index (χ0) is 22.8. The first-order valence-electron chi connectivity index (χ1n) is 9.64. The van der Waals surface area contributed by atoms with E-state index in [2.05, 4.69) is 0 Å². The molecule has 7 nitrogen and oxygen atoms in total. The number of rotatable bonds is 7. The summed E-state index contributed by atoms with van der Waals surface area (Å²) in [5.41, 5.74) is 0.104. The van der Waals surface area contributed by atoms with E-state index in [1.807, 2.05) is 0 Å². The lowest BCUT2D eigenvalue weighted by atomic mass is 10.1. The Balaban J connectivity index is 1.95. The fraction of sp³-hybridized carbons (Fsp3) is 0.333. The lowest BCUT2D eigenvalue weighted by molar-refractivity contribution is -0.123. The average molecular weight is 452 g/mol. The van der Waals surface area contributed by atoms with Crippen molar-refractivity contribution in [3.63, 3.8) is 0 Å². The highest BCUT2D eigenvalue weighted by Crippen LogP contribution is 2.31.